The fourth-order valence-corrected chi connectivity index (χ4v) is 2.87. The molecule has 0 saturated carbocycles. The van der Waals surface area contributed by atoms with E-state index < -0.39 is 29.3 Å². The zero-order chi connectivity index (χ0) is 21.9. The molecule has 1 N–H and O–H groups in total. The lowest BCUT2D eigenvalue weighted by Gasteiger charge is -2.25. The predicted octanol–water partition coefficient (Wildman–Crippen LogP) is 4.12. The van der Waals surface area contributed by atoms with E-state index in [-0.39, 0.29) is 5.92 Å². The molecule has 2 aromatic rings. The number of nitrogens with one attached hydrogen (secondary N) is 1. The van der Waals surface area contributed by atoms with Gasteiger partial charge in [-0.25, -0.2) is 14.4 Å². The molecule has 1 aromatic heterocycles. The highest BCUT2D eigenvalue weighted by molar-refractivity contribution is 5.86. The van der Waals surface area contributed by atoms with Gasteiger partial charge < -0.3 is 19.2 Å². The zero-order valence-corrected chi connectivity index (χ0v) is 18.0. The van der Waals surface area contributed by atoms with Gasteiger partial charge in [-0.2, -0.15) is 0 Å². The number of ether oxygens (including phenoxy) is 2. The number of carbonyl (C=O) groups excluding carboxylic acids is 2. The van der Waals surface area contributed by atoms with Crippen molar-refractivity contribution in [2.75, 3.05) is 0 Å². The highest BCUT2D eigenvalue weighted by Gasteiger charge is 2.29. The zero-order valence-electron chi connectivity index (χ0n) is 18.0. The van der Waals surface area contributed by atoms with E-state index in [0.717, 1.165) is 16.5 Å². The van der Waals surface area contributed by atoms with Gasteiger partial charge in [0.2, 0.25) is 0 Å². The average molecular weight is 403 g/mol. The Labute approximate surface area is 170 Å². The van der Waals surface area contributed by atoms with Crippen molar-refractivity contribution in [3.8, 4) is 5.75 Å². The molecule has 0 bridgehead atoms. The van der Waals surface area contributed by atoms with Gasteiger partial charge in [-0.05, 0) is 57.2 Å². The third-order valence-electron chi connectivity index (χ3n) is 4.32. The molecule has 0 spiro atoms. The summed E-state index contributed by atoms with van der Waals surface area (Å²) in [5.74, 6) is -0.536. The molecule has 0 aliphatic carbocycles. The normalized spacial score (nSPS) is 12.7. The molecule has 1 aromatic carbocycles. The van der Waals surface area contributed by atoms with Crippen LogP contribution in [0.1, 0.15) is 52.7 Å². The van der Waals surface area contributed by atoms with Gasteiger partial charge in [0.1, 0.15) is 23.0 Å². The van der Waals surface area contributed by atoms with Crippen LogP contribution in [0.25, 0.3) is 11.0 Å². The van der Waals surface area contributed by atoms with E-state index in [1.165, 1.54) is 6.07 Å². The van der Waals surface area contributed by atoms with E-state index in [0.29, 0.717) is 17.8 Å². The van der Waals surface area contributed by atoms with E-state index in [1.807, 2.05) is 19.9 Å². The lowest BCUT2D eigenvalue weighted by Crippen LogP contribution is -2.48. The van der Waals surface area contributed by atoms with Crippen LogP contribution in [0.2, 0.25) is 0 Å². The maximum Gasteiger partial charge on any atom is 0.408 e. The van der Waals surface area contributed by atoms with E-state index >= 15 is 0 Å². The summed E-state index contributed by atoms with van der Waals surface area (Å²) in [6, 6.07) is 3.93. The predicted molar refractivity (Wildman–Crippen MR) is 110 cm³/mol. The van der Waals surface area contributed by atoms with Gasteiger partial charge in [-0.15, -0.1) is 0 Å². The summed E-state index contributed by atoms with van der Waals surface area (Å²) in [6.07, 6.45) is -0.0767. The Kier molecular flexibility index (Phi) is 6.72. The summed E-state index contributed by atoms with van der Waals surface area (Å²) in [5.41, 5.74) is 0.774. The first-order chi connectivity index (χ1) is 13.4. The molecule has 7 heteroatoms. The highest BCUT2D eigenvalue weighted by atomic mass is 16.6. The Morgan fingerprint density at radius 1 is 1.17 bits per heavy atom. The maximum absolute atomic E-state index is 12.8. The molecular weight excluding hydrogens is 374 g/mol. The Bertz CT molecular complexity index is 968. The second-order valence-corrected chi connectivity index (χ2v) is 8.35. The molecule has 2 rings (SSSR count). The minimum atomic E-state index is -0.894. The van der Waals surface area contributed by atoms with Crippen molar-refractivity contribution < 1.29 is 23.5 Å². The molecule has 0 radical (unpaired) electrons. The first kappa shape index (κ1) is 22.5. The monoisotopic (exact) mass is 403 g/mol. The van der Waals surface area contributed by atoms with E-state index in [9.17, 15) is 14.4 Å². The van der Waals surface area contributed by atoms with Crippen LogP contribution in [0.5, 0.6) is 5.75 Å². The highest BCUT2D eigenvalue weighted by Crippen LogP contribution is 2.28. The van der Waals surface area contributed by atoms with Gasteiger partial charge >= 0.3 is 17.7 Å². The fraction of sp³-hybridized carbons (Fsp3) is 0.500. The van der Waals surface area contributed by atoms with Crippen molar-refractivity contribution in [2.45, 2.75) is 66.5 Å². The van der Waals surface area contributed by atoms with Crippen LogP contribution >= 0.6 is 0 Å². The molecule has 0 fully saturated rings. The summed E-state index contributed by atoms with van der Waals surface area (Å²) in [6.45, 7) is 12.6. The Balaban J connectivity index is 2.32. The largest absolute Gasteiger partial charge is 0.444 e. The maximum atomic E-state index is 12.8. The van der Waals surface area contributed by atoms with E-state index in [2.05, 4.69) is 5.32 Å². The third-order valence-corrected chi connectivity index (χ3v) is 4.32. The molecule has 1 heterocycles. The van der Waals surface area contributed by atoms with Crippen LogP contribution < -0.4 is 15.7 Å². The molecule has 0 aliphatic rings. The Hall–Kier alpha value is -2.83. The molecule has 1 unspecified atom stereocenters. The smallest absolute Gasteiger partial charge is 0.408 e. The van der Waals surface area contributed by atoms with Crippen LogP contribution in [0.4, 0.5) is 4.79 Å². The fourth-order valence-electron chi connectivity index (χ4n) is 2.87. The lowest BCUT2D eigenvalue weighted by molar-refractivity contribution is -0.138. The van der Waals surface area contributed by atoms with Crippen molar-refractivity contribution in [3.05, 3.63) is 39.7 Å². The standard InChI is InChI=1S/C22H29NO6/c1-8-14-10-15-13(4)9-18(24)27-17(15)11-16(14)28-20(25)19(12(2)3)23-21(26)29-22(5,6)7/h9-12,19H,8H2,1-7H3,(H,23,26). The summed E-state index contributed by atoms with van der Waals surface area (Å²) in [5, 5.41) is 3.36. The number of amides is 1. The topological polar surface area (TPSA) is 94.8 Å². The Morgan fingerprint density at radius 3 is 2.38 bits per heavy atom. The van der Waals surface area contributed by atoms with Crippen LogP contribution in [-0.2, 0) is 16.0 Å². The minimum absolute atomic E-state index is 0.222. The molecule has 158 valence electrons. The van der Waals surface area contributed by atoms with E-state index in [1.54, 1.807) is 40.7 Å². The third kappa shape index (κ3) is 5.82. The van der Waals surface area contributed by atoms with Gasteiger partial charge in [-0.3, -0.25) is 0 Å². The molecular formula is C22H29NO6. The number of alkyl carbamates (subject to hydrolysis) is 1. The number of carbonyl (C=O) groups is 2. The van der Waals surface area contributed by atoms with Crippen LogP contribution in [0, 0.1) is 12.8 Å². The number of esters is 1. The van der Waals surface area contributed by atoms with Crippen molar-refractivity contribution in [2.24, 2.45) is 5.92 Å². The number of benzene rings is 1. The number of fused-ring (bicyclic) bond motifs is 1. The molecule has 29 heavy (non-hydrogen) atoms. The van der Waals surface area contributed by atoms with Crippen molar-refractivity contribution >= 4 is 23.0 Å². The van der Waals surface area contributed by atoms with E-state index in [4.69, 9.17) is 13.9 Å². The second kappa shape index (κ2) is 8.68. The van der Waals surface area contributed by atoms with Gasteiger partial charge in [-0.1, -0.05) is 20.8 Å². The van der Waals surface area contributed by atoms with Gasteiger partial charge in [0.05, 0.1) is 0 Å². The van der Waals surface area contributed by atoms with Crippen LogP contribution in [0.3, 0.4) is 0 Å². The first-order valence-corrected chi connectivity index (χ1v) is 9.70. The van der Waals surface area contributed by atoms with Gasteiger partial charge in [0.25, 0.3) is 0 Å². The summed E-state index contributed by atoms with van der Waals surface area (Å²) >= 11 is 0. The summed E-state index contributed by atoms with van der Waals surface area (Å²) in [7, 11) is 0. The molecule has 7 nitrogen and oxygen atoms in total. The van der Waals surface area contributed by atoms with Gasteiger partial charge in [0.15, 0.2) is 0 Å². The second-order valence-electron chi connectivity index (χ2n) is 8.35. The molecule has 0 saturated heterocycles. The van der Waals surface area contributed by atoms with Crippen LogP contribution in [0.15, 0.2) is 27.4 Å². The Morgan fingerprint density at radius 2 is 1.83 bits per heavy atom. The summed E-state index contributed by atoms with van der Waals surface area (Å²) < 4.78 is 16.1. The number of hydrogen-bond donors (Lipinski definition) is 1. The molecule has 1 amide bonds. The quantitative estimate of drug-likeness (QED) is 0.458. The van der Waals surface area contributed by atoms with Crippen molar-refractivity contribution in [3.63, 3.8) is 0 Å². The number of hydrogen-bond acceptors (Lipinski definition) is 6. The van der Waals surface area contributed by atoms with Crippen molar-refractivity contribution in [1.82, 2.24) is 5.32 Å². The van der Waals surface area contributed by atoms with Crippen molar-refractivity contribution in [1.29, 1.82) is 0 Å². The van der Waals surface area contributed by atoms with Gasteiger partial charge in [0, 0.05) is 17.5 Å². The first-order valence-electron chi connectivity index (χ1n) is 9.70. The minimum Gasteiger partial charge on any atom is -0.444 e. The SMILES string of the molecule is CCc1cc2c(C)cc(=O)oc2cc1OC(=O)C(NC(=O)OC(C)(C)C)C(C)C. The van der Waals surface area contributed by atoms with Crippen LogP contribution in [-0.4, -0.2) is 23.7 Å². The lowest BCUT2D eigenvalue weighted by atomic mass is 10.0. The average Bonchev–Trinajstić information content (AvgIpc) is 2.57. The number of rotatable bonds is 5. The summed E-state index contributed by atoms with van der Waals surface area (Å²) in [4.78, 5) is 36.6. The molecule has 0 aliphatic heterocycles. The number of aryl methyl sites for hydroxylation is 2. The molecule has 1 atom stereocenters.